The molecule has 2 saturated carbocycles. The Balaban J connectivity index is 1.84. The van der Waals surface area contributed by atoms with E-state index in [-0.39, 0.29) is 46.2 Å². The van der Waals surface area contributed by atoms with Gasteiger partial charge in [-0.15, -0.1) is 23.5 Å². The van der Waals surface area contributed by atoms with Gasteiger partial charge in [-0.1, -0.05) is 6.92 Å². The number of methoxy groups -OCH3 is 2. The fourth-order valence-electron chi connectivity index (χ4n) is 6.08. The number of carbonyl (C=O) groups is 3. The number of rotatable bonds is 3. The summed E-state index contributed by atoms with van der Waals surface area (Å²) in [5.41, 5.74) is -1.59. The Morgan fingerprint density at radius 1 is 1.21 bits per heavy atom. The third-order valence-electron chi connectivity index (χ3n) is 7.49. The number of esters is 2. The lowest BCUT2D eigenvalue weighted by atomic mass is 9.46. The first-order valence-corrected chi connectivity index (χ1v) is 11.9. The predicted octanol–water partition coefficient (Wildman–Crippen LogP) is 2.68. The zero-order valence-corrected chi connectivity index (χ0v) is 18.3. The van der Waals surface area contributed by atoms with Gasteiger partial charge in [0.2, 0.25) is 0 Å². The van der Waals surface area contributed by atoms with Crippen molar-refractivity contribution in [2.75, 3.05) is 32.3 Å². The van der Waals surface area contributed by atoms with Gasteiger partial charge < -0.3 is 14.2 Å². The van der Waals surface area contributed by atoms with E-state index < -0.39 is 10.8 Å². The topological polar surface area (TPSA) is 78.9 Å². The first kappa shape index (κ1) is 20.5. The van der Waals surface area contributed by atoms with Gasteiger partial charge in [0, 0.05) is 24.2 Å². The van der Waals surface area contributed by atoms with Crippen molar-refractivity contribution < 1.29 is 28.6 Å². The zero-order chi connectivity index (χ0) is 20.2. The molecular weight excluding hydrogens is 400 g/mol. The predicted molar refractivity (Wildman–Crippen MR) is 107 cm³/mol. The Morgan fingerprint density at radius 2 is 1.93 bits per heavy atom. The molecule has 2 aliphatic carbocycles. The highest BCUT2D eigenvalue weighted by molar-refractivity contribution is 8.18. The van der Waals surface area contributed by atoms with E-state index in [1.165, 1.54) is 14.2 Å². The van der Waals surface area contributed by atoms with Gasteiger partial charge in [0.25, 0.3) is 0 Å². The lowest BCUT2D eigenvalue weighted by Crippen LogP contribution is -2.65. The van der Waals surface area contributed by atoms with Crippen LogP contribution in [0.1, 0.15) is 39.0 Å². The average Bonchev–Trinajstić information content (AvgIpc) is 3.12. The molecule has 0 bridgehead atoms. The minimum Gasteiger partial charge on any atom is -0.469 e. The van der Waals surface area contributed by atoms with Crippen LogP contribution in [0, 0.1) is 22.7 Å². The summed E-state index contributed by atoms with van der Waals surface area (Å²) in [5.74, 6) is 1.18. The first-order chi connectivity index (χ1) is 13.3. The Kier molecular flexibility index (Phi) is 5.28. The molecule has 0 amide bonds. The highest BCUT2D eigenvalue weighted by atomic mass is 32.2. The van der Waals surface area contributed by atoms with Gasteiger partial charge in [-0.3, -0.25) is 14.4 Å². The second kappa shape index (κ2) is 7.20. The van der Waals surface area contributed by atoms with Gasteiger partial charge in [0.15, 0.2) is 0 Å². The van der Waals surface area contributed by atoms with Gasteiger partial charge in [-0.25, -0.2) is 0 Å². The van der Waals surface area contributed by atoms with Crippen LogP contribution >= 0.6 is 23.5 Å². The van der Waals surface area contributed by atoms with Crippen molar-refractivity contribution in [1.82, 2.24) is 0 Å². The van der Waals surface area contributed by atoms with E-state index >= 15 is 0 Å². The molecule has 0 aromatic carbocycles. The van der Waals surface area contributed by atoms with E-state index in [2.05, 4.69) is 0 Å². The van der Waals surface area contributed by atoms with Gasteiger partial charge in [0.1, 0.15) is 5.78 Å². The minimum absolute atomic E-state index is 0.141. The summed E-state index contributed by atoms with van der Waals surface area (Å²) in [5, 5.41) is 0. The normalized spacial score (nSPS) is 41.4. The number of hydrogen-bond donors (Lipinski definition) is 0. The Hall–Kier alpha value is -0.730. The maximum atomic E-state index is 13.3. The second-order valence-electron chi connectivity index (χ2n) is 8.61. The van der Waals surface area contributed by atoms with E-state index in [9.17, 15) is 14.4 Å². The summed E-state index contributed by atoms with van der Waals surface area (Å²) in [6.45, 7) is 2.25. The Labute approximate surface area is 174 Å². The number of thioether (sulfide) groups is 2. The summed E-state index contributed by atoms with van der Waals surface area (Å²) < 4.78 is 16.3. The highest BCUT2D eigenvalue weighted by Gasteiger charge is 2.74. The number of ether oxygens (including phenoxy) is 3. The summed E-state index contributed by atoms with van der Waals surface area (Å²) in [7, 11) is 2.79. The van der Waals surface area contributed by atoms with Gasteiger partial charge in [0.05, 0.1) is 36.4 Å². The molecule has 2 heterocycles. The van der Waals surface area contributed by atoms with Gasteiger partial charge >= 0.3 is 11.9 Å². The first-order valence-electron chi connectivity index (χ1n) is 9.92. The van der Waals surface area contributed by atoms with Gasteiger partial charge in [-0.05, 0) is 36.7 Å². The molecule has 2 saturated heterocycles. The van der Waals surface area contributed by atoms with Crippen LogP contribution in [-0.2, 0) is 28.6 Å². The van der Waals surface area contributed by atoms with Crippen LogP contribution in [0.25, 0.3) is 0 Å². The van der Waals surface area contributed by atoms with Crippen molar-refractivity contribution >= 4 is 41.2 Å². The van der Waals surface area contributed by atoms with Crippen LogP contribution < -0.4 is 0 Å². The molecular formula is C20H28O6S2. The van der Waals surface area contributed by atoms with Crippen molar-refractivity contribution in [3.63, 3.8) is 0 Å². The van der Waals surface area contributed by atoms with Crippen LogP contribution in [0.15, 0.2) is 0 Å². The van der Waals surface area contributed by atoms with Crippen molar-refractivity contribution in [1.29, 1.82) is 0 Å². The number of Topliss-reactive ketones (excluding diaryl/α,β-unsaturated/α-hetero) is 1. The monoisotopic (exact) mass is 428 g/mol. The van der Waals surface area contributed by atoms with E-state index in [0.29, 0.717) is 19.4 Å². The molecule has 156 valence electrons. The third kappa shape index (κ3) is 2.70. The van der Waals surface area contributed by atoms with E-state index in [4.69, 9.17) is 14.2 Å². The summed E-state index contributed by atoms with van der Waals surface area (Å²) in [6.07, 6.45) is 2.65. The van der Waals surface area contributed by atoms with Crippen molar-refractivity contribution in [3.8, 4) is 0 Å². The van der Waals surface area contributed by atoms with Gasteiger partial charge in [-0.2, -0.15) is 0 Å². The smallest absolute Gasteiger partial charge is 0.314 e. The molecule has 6 nitrogen and oxygen atoms in total. The van der Waals surface area contributed by atoms with E-state index in [1.807, 2.05) is 30.4 Å². The van der Waals surface area contributed by atoms with E-state index in [0.717, 1.165) is 24.3 Å². The second-order valence-corrected chi connectivity index (χ2v) is 11.7. The Morgan fingerprint density at radius 3 is 2.57 bits per heavy atom. The molecule has 0 N–H and O–H groups in total. The van der Waals surface area contributed by atoms with Crippen molar-refractivity contribution in [3.05, 3.63) is 0 Å². The molecule has 28 heavy (non-hydrogen) atoms. The third-order valence-corrected chi connectivity index (χ3v) is 11.0. The summed E-state index contributed by atoms with van der Waals surface area (Å²) in [4.78, 5) is 38.5. The van der Waals surface area contributed by atoms with Crippen LogP contribution in [0.4, 0.5) is 0 Å². The fourth-order valence-corrected chi connectivity index (χ4v) is 9.74. The average molecular weight is 429 g/mol. The zero-order valence-electron chi connectivity index (χ0n) is 16.7. The molecule has 4 rings (SSSR count). The van der Waals surface area contributed by atoms with Crippen molar-refractivity contribution in [2.45, 2.75) is 49.2 Å². The van der Waals surface area contributed by atoms with Crippen LogP contribution in [0.5, 0.6) is 0 Å². The van der Waals surface area contributed by atoms with E-state index in [1.54, 1.807) is 0 Å². The lowest BCUT2D eigenvalue weighted by molar-refractivity contribution is -0.173. The Bertz CT molecular complexity index is 690. The van der Waals surface area contributed by atoms with Crippen LogP contribution in [0.2, 0.25) is 0 Å². The molecule has 8 heteroatoms. The quantitative estimate of drug-likeness (QED) is 0.635. The molecule has 2 aliphatic heterocycles. The number of carbonyl (C=O) groups excluding carboxylic acids is 3. The molecule has 5 atom stereocenters. The lowest BCUT2D eigenvalue weighted by Gasteiger charge is -2.60. The summed E-state index contributed by atoms with van der Waals surface area (Å²) in [6, 6.07) is 0. The van der Waals surface area contributed by atoms with Crippen LogP contribution in [-0.4, -0.2) is 60.2 Å². The molecule has 4 aliphatic rings. The SMILES string of the molecule is COC(=O)C[C@H]1CC2(SCCCS2)[C@@H]2OC[C@]3(C(=O)OC)CCC(=O)[C@@]1(C)[C@@H]23. The van der Waals surface area contributed by atoms with Crippen LogP contribution in [0.3, 0.4) is 0 Å². The largest absolute Gasteiger partial charge is 0.469 e. The molecule has 1 spiro atoms. The number of fused-ring (bicyclic) bond motifs is 1. The molecule has 0 unspecified atom stereocenters. The number of hydrogen-bond acceptors (Lipinski definition) is 8. The molecule has 0 radical (unpaired) electrons. The maximum Gasteiger partial charge on any atom is 0.314 e. The molecule has 4 fully saturated rings. The summed E-state index contributed by atoms with van der Waals surface area (Å²) >= 11 is 3.76. The standard InChI is InChI=1S/C20H28O6S2/c1-18-12(9-14(22)24-2)10-20(27-7-4-8-28-20)16-15(18)19(11-26-16,17(23)25-3)6-5-13(18)21/h12,15-16H,4-11H2,1-3H3/t12-,15+,16+,18-,19+/m0/s1. The molecule has 0 aromatic heterocycles. The highest BCUT2D eigenvalue weighted by Crippen LogP contribution is 2.70. The number of ketones is 1. The molecule has 0 aromatic rings. The van der Waals surface area contributed by atoms with Crippen molar-refractivity contribution in [2.24, 2.45) is 22.7 Å². The fraction of sp³-hybridized carbons (Fsp3) is 0.850. The minimum atomic E-state index is -0.803. The maximum absolute atomic E-state index is 13.3.